The van der Waals surface area contributed by atoms with E-state index in [1.54, 1.807) is 13.3 Å². The molecule has 1 aromatic heterocycles. The van der Waals surface area contributed by atoms with Crippen molar-refractivity contribution in [3.63, 3.8) is 0 Å². The van der Waals surface area contributed by atoms with Gasteiger partial charge in [0.2, 0.25) is 0 Å². The summed E-state index contributed by atoms with van der Waals surface area (Å²) in [6.45, 7) is 0. The van der Waals surface area contributed by atoms with Gasteiger partial charge in [-0.15, -0.1) is 0 Å². The van der Waals surface area contributed by atoms with Gasteiger partial charge < -0.3 is 15.8 Å². The van der Waals surface area contributed by atoms with Crippen LogP contribution in [0.2, 0.25) is 0 Å². The largest absolute Gasteiger partial charge is 0.497 e. The monoisotopic (exact) mass is 265 g/mol. The Hall–Kier alpha value is -2.75. The summed E-state index contributed by atoms with van der Waals surface area (Å²) >= 11 is 0. The highest BCUT2D eigenvalue weighted by Gasteiger charge is 2.07. The maximum Gasteiger partial charge on any atom is 0.120 e. The second kappa shape index (κ2) is 5.09. The molecule has 2 aromatic carbocycles. The minimum absolute atomic E-state index is 0.617. The first kappa shape index (κ1) is 12.3. The molecule has 0 unspecified atom stereocenters. The van der Waals surface area contributed by atoms with Crippen LogP contribution in [0.1, 0.15) is 0 Å². The lowest BCUT2D eigenvalue weighted by Gasteiger charge is -2.12. The molecule has 0 fully saturated rings. The Morgan fingerprint density at radius 3 is 2.80 bits per heavy atom. The number of ether oxygens (including phenoxy) is 1. The lowest BCUT2D eigenvalue weighted by atomic mass is 10.1. The topological polar surface area (TPSA) is 60.2 Å². The summed E-state index contributed by atoms with van der Waals surface area (Å²) in [4.78, 5) is 4.33. The lowest BCUT2D eigenvalue weighted by molar-refractivity contribution is 0.415. The van der Waals surface area contributed by atoms with E-state index in [4.69, 9.17) is 10.5 Å². The second-order valence-corrected chi connectivity index (χ2v) is 4.46. The molecule has 3 N–H and O–H groups in total. The first-order chi connectivity index (χ1) is 9.78. The predicted molar refractivity (Wildman–Crippen MR) is 82.4 cm³/mol. The third-order valence-electron chi connectivity index (χ3n) is 3.14. The molecule has 100 valence electrons. The highest BCUT2D eigenvalue weighted by molar-refractivity contribution is 5.98. The number of nitrogens with two attached hydrogens (primary N) is 1. The molecule has 4 nitrogen and oxygen atoms in total. The smallest absolute Gasteiger partial charge is 0.120 e. The van der Waals surface area contributed by atoms with Gasteiger partial charge in [-0.2, -0.15) is 0 Å². The van der Waals surface area contributed by atoms with E-state index in [1.807, 2.05) is 48.5 Å². The van der Waals surface area contributed by atoms with Gasteiger partial charge in [0.05, 0.1) is 30.2 Å². The number of hydrogen-bond acceptors (Lipinski definition) is 4. The highest BCUT2D eigenvalue weighted by atomic mass is 16.5. The van der Waals surface area contributed by atoms with Gasteiger partial charge in [0.1, 0.15) is 5.75 Å². The molecule has 0 atom stereocenters. The number of hydrogen-bond donors (Lipinski definition) is 2. The van der Waals surface area contributed by atoms with Gasteiger partial charge in [0, 0.05) is 17.1 Å². The molecule has 1 heterocycles. The van der Waals surface area contributed by atoms with E-state index in [1.165, 1.54) is 0 Å². The van der Waals surface area contributed by atoms with Crippen LogP contribution in [0.15, 0.2) is 54.7 Å². The lowest BCUT2D eigenvalue weighted by Crippen LogP contribution is -1.99. The fourth-order valence-electron chi connectivity index (χ4n) is 2.14. The van der Waals surface area contributed by atoms with Crippen LogP contribution in [0.3, 0.4) is 0 Å². The van der Waals surface area contributed by atoms with Crippen LogP contribution in [0.4, 0.5) is 17.1 Å². The Labute approximate surface area is 117 Å². The predicted octanol–water partition coefficient (Wildman–Crippen LogP) is 3.57. The number of aromatic nitrogens is 1. The Morgan fingerprint density at radius 1 is 1.10 bits per heavy atom. The SMILES string of the molecule is COc1cccc(Nc2c(N)cnc3ccccc23)c1. The van der Waals surface area contributed by atoms with Crippen LogP contribution in [0.25, 0.3) is 10.9 Å². The zero-order chi connectivity index (χ0) is 13.9. The van der Waals surface area contributed by atoms with Gasteiger partial charge >= 0.3 is 0 Å². The average molecular weight is 265 g/mol. The van der Waals surface area contributed by atoms with Crippen LogP contribution in [-0.2, 0) is 0 Å². The number of rotatable bonds is 3. The van der Waals surface area contributed by atoms with Gasteiger partial charge in [-0.05, 0) is 18.2 Å². The molecule has 0 aliphatic carbocycles. The summed E-state index contributed by atoms with van der Waals surface area (Å²) in [6, 6.07) is 15.6. The fraction of sp³-hybridized carbons (Fsp3) is 0.0625. The summed E-state index contributed by atoms with van der Waals surface area (Å²) in [7, 11) is 1.65. The van der Waals surface area contributed by atoms with E-state index in [0.29, 0.717) is 5.69 Å². The summed E-state index contributed by atoms with van der Waals surface area (Å²) in [5, 5.41) is 4.34. The van der Waals surface area contributed by atoms with Gasteiger partial charge in [0.15, 0.2) is 0 Å². The van der Waals surface area contributed by atoms with Crippen molar-refractivity contribution in [2.24, 2.45) is 0 Å². The van der Waals surface area contributed by atoms with Crippen LogP contribution >= 0.6 is 0 Å². The van der Waals surface area contributed by atoms with E-state index in [-0.39, 0.29) is 0 Å². The van der Waals surface area contributed by atoms with Crippen molar-refractivity contribution in [2.45, 2.75) is 0 Å². The van der Waals surface area contributed by atoms with Crippen molar-refractivity contribution < 1.29 is 4.74 Å². The summed E-state index contributed by atoms with van der Waals surface area (Å²) in [5.41, 5.74) is 9.36. The molecule has 0 amide bonds. The highest BCUT2D eigenvalue weighted by Crippen LogP contribution is 2.31. The maximum atomic E-state index is 6.05. The van der Waals surface area contributed by atoms with Crippen LogP contribution in [0.5, 0.6) is 5.75 Å². The van der Waals surface area contributed by atoms with Crippen LogP contribution in [-0.4, -0.2) is 12.1 Å². The number of fused-ring (bicyclic) bond motifs is 1. The molecule has 0 saturated heterocycles. The van der Waals surface area contributed by atoms with Crippen molar-refractivity contribution in [3.05, 3.63) is 54.7 Å². The Kier molecular flexibility index (Phi) is 3.13. The van der Waals surface area contributed by atoms with Crippen molar-refractivity contribution in [1.82, 2.24) is 4.98 Å². The molecule has 3 rings (SSSR count). The minimum Gasteiger partial charge on any atom is -0.497 e. The Bertz CT molecular complexity index is 756. The van der Waals surface area contributed by atoms with Gasteiger partial charge in [-0.25, -0.2) is 0 Å². The number of nitrogens with one attached hydrogen (secondary N) is 1. The molecule has 0 spiro atoms. The van der Waals surface area contributed by atoms with Crippen molar-refractivity contribution in [1.29, 1.82) is 0 Å². The molecule has 0 radical (unpaired) electrons. The van der Waals surface area contributed by atoms with E-state index >= 15 is 0 Å². The third kappa shape index (κ3) is 2.23. The number of anilines is 3. The van der Waals surface area contributed by atoms with Gasteiger partial charge in [-0.3, -0.25) is 4.98 Å². The van der Waals surface area contributed by atoms with Crippen LogP contribution < -0.4 is 15.8 Å². The average Bonchev–Trinajstić information content (AvgIpc) is 2.50. The zero-order valence-electron chi connectivity index (χ0n) is 11.1. The van der Waals surface area contributed by atoms with E-state index in [0.717, 1.165) is 28.0 Å². The van der Waals surface area contributed by atoms with Crippen molar-refractivity contribution in [3.8, 4) is 5.75 Å². The van der Waals surface area contributed by atoms with Gasteiger partial charge in [0.25, 0.3) is 0 Å². The standard InChI is InChI=1S/C16H15N3O/c1-20-12-6-4-5-11(9-12)19-16-13-7-2-3-8-15(13)18-10-14(16)17/h2-10H,17H2,1H3,(H,18,19). The minimum atomic E-state index is 0.617. The van der Waals surface area contributed by atoms with Crippen molar-refractivity contribution in [2.75, 3.05) is 18.2 Å². The number of pyridine rings is 1. The number of nitrogen functional groups attached to an aromatic ring is 1. The number of para-hydroxylation sites is 1. The summed E-state index contributed by atoms with van der Waals surface area (Å²) in [6.07, 6.45) is 1.67. The maximum absolute atomic E-state index is 6.05. The molecule has 20 heavy (non-hydrogen) atoms. The van der Waals surface area contributed by atoms with Crippen molar-refractivity contribution >= 4 is 28.0 Å². The number of benzene rings is 2. The Balaban J connectivity index is 2.07. The second-order valence-electron chi connectivity index (χ2n) is 4.46. The molecule has 3 aromatic rings. The molecular formula is C16H15N3O. The first-order valence-corrected chi connectivity index (χ1v) is 6.32. The molecule has 0 saturated carbocycles. The molecule has 0 aliphatic rings. The molecule has 0 aliphatic heterocycles. The molecular weight excluding hydrogens is 250 g/mol. The normalized spacial score (nSPS) is 10.4. The summed E-state index contributed by atoms with van der Waals surface area (Å²) in [5.74, 6) is 0.798. The third-order valence-corrected chi connectivity index (χ3v) is 3.14. The molecule has 0 bridgehead atoms. The van der Waals surface area contributed by atoms with E-state index in [2.05, 4.69) is 10.3 Å². The number of methoxy groups -OCH3 is 1. The van der Waals surface area contributed by atoms with E-state index in [9.17, 15) is 0 Å². The Morgan fingerprint density at radius 2 is 1.95 bits per heavy atom. The fourth-order valence-corrected chi connectivity index (χ4v) is 2.14. The van der Waals surface area contributed by atoms with E-state index < -0.39 is 0 Å². The quantitative estimate of drug-likeness (QED) is 0.760. The first-order valence-electron chi connectivity index (χ1n) is 6.32. The summed E-state index contributed by atoms with van der Waals surface area (Å²) < 4.78 is 5.23. The van der Waals surface area contributed by atoms with Gasteiger partial charge in [-0.1, -0.05) is 24.3 Å². The molecule has 4 heteroatoms. The number of nitrogens with zero attached hydrogens (tertiary/aromatic N) is 1. The van der Waals surface area contributed by atoms with Crippen LogP contribution in [0, 0.1) is 0 Å². The zero-order valence-corrected chi connectivity index (χ0v) is 11.1.